The van der Waals surface area contributed by atoms with Gasteiger partial charge in [-0.25, -0.2) is 0 Å². The molecule has 100 valence electrons. The van der Waals surface area contributed by atoms with Crippen molar-refractivity contribution in [1.29, 1.82) is 0 Å². The Bertz CT molecular complexity index is 600. The largest absolute Gasteiger partial charge is 0.361 e. The summed E-state index contributed by atoms with van der Waals surface area (Å²) in [4.78, 5) is 17.2. The van der Waals surface area contributed by atoms with E-state index < -0.39 is 6.04 Å². The van der Waals surface area contributed by atoms with Crippen molar-refractivity contribution in [3.05, 3.63) is 36.0 Å². The molecule has 0 spiro atoms. The number of aromatic amines is 1. The van der Waals surface area contributed by atoms with E-state index in [9.17, 15) is 4.79 Å². The summed E-state index contributed by atoms with van der Waals surface area (Å²) in [5.41, 5.74) is 8.26. The highest BCUT2D eigenvalue weighted by atomic mass is 16.2. The van der Waals surface area contributed by atoms with Crippen molar-refractivity contribution < 1.29 is 4.79 Å². The number of fused-ring (bicyclic) bond motifs is 1. The summed E-state index contributed by atoms with van der Waals surface area (Å²) in [5.74, 6) is 0.0489. The molecule has 0 bridgehead atoms. The third kappa shape index (κ3) is 2.36. The van der Waals surface area contributed by atoms with Crippen LogP contribution < -0.4 is 5.73 Å². The molecule has 4 heteroatoms. The Kier molecular flexibility index (Phi) is 3.03. The van der Waals surface area contributed by atoms with E-state index >= 15 is 0 Å². The summed E-state index contributed by atoms with van der Waals surface area (Å²) in [7, 11) is 1.86. The standard InChI is InChI=1S/C15H19N3O/c1-18(11-6-7-11)15(19)13(16)8-10-9-17-14-5-3-2-4-12(10)14/h2-5,9,11,13,17H,6-8,16H2,1H3/t13-/m0/s1. The molecule has 0 saturated heterocycles. The summed E-state index contributed by atoms with van der Waals surface area (Å²) in [6, 6.07) is 8.05. The first kappa shape index (κ1) is 12.2. The van der Waals surface area contributed by atoms with Gasteiger partial charge in [0.25, 0.3) is 0 Å². The molecule has 0 unspecified atom stereocenters. The van der Waals surface area contributed by atoms with Gasteiger partial charge in [-0.1, -0.05) is 18.2 Å². The van der Waals surface area contributed by atoms with Gasteiger partial charge in [0.1, 0.15) is 0 Å². The van der Waals surface area contributed by atoms with Crippen molar-refractivity contribution in [1.82, 2.24) is 9.88 Å². The van der Waals surface area contributed by atoms with E-state index in [4.69, 9.17) is 5.73 Å². The van der Waals surface area contributed by atoms with Crippen LogP contribution in [0.4, 0.5) is 0 Å². The van der Waals surface area contributed by atoms with Crippen molar-refractivity contribution in [3.63, 3.8) is 0 Å². The van der Waals surface area contributed by atoms with E-state index in [1.165, 1.54) is 0 Å². The predicted octanol–water partition coefficient (Wildman–Crippen LogP) is 1.66. The average molecular weight is 257 g/mol. The van der Waals surface area contributed by atoms with E-state index in [2.05, 4.69) is 11.1 Å². The Morgan fingerprint density at radius 1 is 1.47 bits per heavy atom. The third-order valence-electron chi connectivity index (χ3n) is 3.87. The van der Waals surface area contributed by atoms with Crippen LogP contribution in [-0.2, 0) is 11.2 Å². The Labute approximate surface area is 112 Å². The second kappa shape index (κ2) is 4.70. The Morgan fingerprint density at radius 3 is 2.95 bits per heavy atom. The summed E-state index contributed by atoms with van der Waals surface area (Å²) in [6.45, 7) is 0. The molecular weight excluding hydrogens is 238 g/mol. The number of hydrogen-bond acceptors (Lipinski definition) is 2. The molecule has 1 aliphatic carbocycles. The van der Waals surface area contributed by atoms with Crippen molar-refractivity contribution in [2.45, 2.75) is 31.3 Å². The molecule has 1 amide bonds. The summed E-state index contributed by atoms with van der Waals surface area (Å²) in [5, 5.41) is 1.15. The van der Waals surface area contributed by atoms with Crippen molar-refractivity contribution in [2.24, 2.45) is 5.73 Å². The number of nitrogens with two attached hydrogens (primary N) is 1. The molecule has 4 nitrogen and oxygen atoms in total. The minimum absolute atomic E-state index is 0.0489. The van der Waals surface area contributed by atoms with Crippen LogP contribution in [0, 0.1) is 0 Å². The van der Waals surface area contributed by atoms with Gasteiger partial charge in [0.2, 0.25) is 5.91 Å². The van der Waals surface area contributed by atoms with Gasteiger partial charge in [-0.05, 0) is 30.9 Å². The number of H-pyrrole nitrogens is 1. The number of carbonyl (C=O) groups is 1. The lowest BCUT2D eigenvalue weighted by Crippen LogP contribution is -2.43. The van der Waals surface area contributed by atoms with Crippen molar-refractivity contribution in [2.75, 3.05) is 7.05 Å². The lowest BCUT2D eigenvalue weighted by atomic mass is 10.0. The molecule has 0 aliphatic heterocycles. The maximum Gasteiger partial charge on any atom is 0.239 e. The van der Waals surface area contributed by atoms with Gasteiger partial charge < -0.3 is 15.6 Å². The zero-order chi connectivity index (χ0) is 13.4. The number of benzene rings is 1. The molecule has 3 N–H and O–H groups in total. The van der Waals surface area contributed by atoms with Gasteiger partial charge in [-0.2, -0.15) is 0 Å². The SMILES string of the molecule is CN(C(=O)[C@@H](N)Cc1c[nH]c2ccccc12)C1CC1. The number of likely N-dealkylation sites (N-methyl/N-ethyl adjacent to an activating group) is 1. The lowest BCUT2D eigenvalue weighted by Gasteiger charge is -2.20. The minimum atomic E-state index is -0.454. The van der Waals surface area contributed by atoms with Crippen LogP contribution in [0.3, 0.4) is 0 Å². The molecule has 1 aromatic carbocycles. The van der Waals surface area contributed by atoms with Gasteiger partial charge in [-0.3, -0.25) is 4.79 Å². The highest BCUT2D eigenvalue weighted by Crippen LogP contribution is 2.26. The first-order valence-corrected chi connectivity index (χ1v) is 6.74. The smallest absolute Gasteiger partial charge is 0.239 e. The van der Waals surface area contributed by atoms with Gasteiger partial charge in [0.05, 0.1) is 6.04 Å². The molecule has 3 rings (SSSR count). The van der Waals surface area contributed by atoms with Crippen LogP contribution in [0.5, 0.6) is 0 Å². The lowest BCUT2D eigenvalue weighted by molar-refractivity contribution is -0.131. The fourth-order valence-corrected chi connectivity index (χ4v) is 2.53. The van der Waals surface area contributed by atoms with Crippen LogP contribution in [0.2, 0.25) is 0 Å². The van der Waals surface area contributed by atoms with Crippen LogP contribution in [0.15, 0.2) is 30.5 Å². The maximum atomic E-state index is 12.2. The van der Waals surface area contributed by atoms with Crippen molar-refractivity contribution in [3.8, 4) is 0 Å². The van der Waals surface area contributed by atoms with Crippen LogP contribution in [0.1, 0.15) is 18.4 Å². The van der Waals surface area contributed by atoms with E-state index in [0.717, 1.165) is 29.3 Å². The number of nitrogens with one attached hydrogen (secondary N) is 1. The summed E-state index contributed by atoms with van der Waals surface area (Å²) < 4.78 is 0. The quantitative estimate of drug-likeness (QED) is 0.875. The molecule has 1 fully saturated rings. The van der Waals surface area contributed by atoms with E-state index in [0.29, 0.717) is 12.5 Å². The molecule has 2 aromatic rings. The Balaban J connectivity index is 1.75. The molecule has 1 aromatic heterocycles. The highest BCUT2D eigenvalue weighted by molar-refractivity contribution is 5.86. The second-order valence-corrected chi connectivity index (χ2v) is 5.35. The molecule has 1 aliphatic rings. The minimum Gasteiger partial charge on any atom is -0.361 e. The second-order valence-electron chi connectivity index (χ2n) is 5.35. The Morgan fingerprint density at radius 2 is 2.21 bits per heavy atom. The van der Waals surface area contributed by atoms with E-state index in [-0.39, 0.29) is 5.91 Å². The van der Waals surface area contributed by atoms with Gasteiger partial charge in [-0.15, -0.1) is 0 Å². The highest BCUT2D eigenvalue weighted by Gasteiger charge is 2.32. The number of aromatic nitrogens is 1. The zero-order valence-electron chi connectivity index (χ0n) is 11.1. The van der Waals surface area contributed by atoms with E-state index in [1.54, 1.807) is 4.90 Å². The molecule has 1 atom stereocenters. The molecule has 1 saturated carbocycles. The van der Waals surface area contributed by atoms with Crippen molar-refractivity contribution >= 4 is 16.8 Å². The third-order valence-corrected chi connectivity index (χ3v) is 3.87. The van der Waals surface area contributed by atoms with Gasteiger partial charge in [0, 0.05) is 30.2 Å². The maximum absolute atomic E-state index is 12.2. The normalized spacial score (nSPS) is 16.5. The zero-order valence-corrected chi connectivity index (χ0v) is 11.1. The molecule has 0 radical (unpaired) electrons. The Hall–Kier alpha value is -1.81. The molecule has 1 heterocycles. The number of hydrogen-bond donors (Lipinski definition) is 2. The summed E-state index contributed by atoms with van der Waals surface area (Å²) >= 11 is 0. The predicted molar refractivity (Wildman–Crippen MR) is 75.8 cm³/mol. The fourth-order valence-electron chi connectivity index (χ4n) is 2.53. The van der Waals surface area contributed by atoms with Gasteiger partial charge >= 0.3 is 0 Å². The number of amides is 1. The van der Waals surface area contributed by atoms with E-state index in [1.807, 2.05) is 31.4 Å². The van der Waals surface area contributed by atoms with Crippen LogP contribution >= 0.6 is 0 Å². The van der Waals surface area contributed by atoms with Gasteiger partial charge in [0.15, 0.2) is 0 Å². The number of carbonyl (C=O) groups excluding carboxylic acids is 1. The number of para-hydroxylation sites is 1. The van der Waals surface area contributed by atoms with Crippen LogP contribution in [0.25, 0.3) is 10.9 Å². The first-order chi connectivity index (χ1) is 9.16. The average Bonchev–Trinajstić information content (AvgIpc) is 3.20. The number of nitrogens with zero attached hydrogens (tertiary/aromatic N) is 1. The van der Waals surface area contributed by atoms with Crippen LogP contribution in [-0.4, -0.2) is 34.9 Å². The topological polar surface area (TPSA) is 62.1 Å². The number of rotatable bonds is 4. The molecule has 19 heavy (non-hydrogen) atoms. The molecular formula is C15H19N3O. The summed E-state index contributed by atoms with van der Waals surface area (Å²) in [6.07, 6.45) is 4.76. The fraction of sp³-hybridized carbons (Fsp3) is 0.400. The first-order valence-electron chi connectivity index (χ1n) is 6.74. The monoisotopic (exact) mass is 257 g/mol.